The highest BCUT2D eigenvalue weighted by Crippen LogP contribution is 2.27. The van der Waals surface area contributed by atoms with E-state index in [4.69, 9.17) is 27.9 Å². The molecule has 8 heteroatoms. The van der Waals surface area contributed by atoms with Crippen LogP contribution in [0, 0.1) is 5.82 Å². The SMILES string of the molecule is O=C(COc1ccc(Cl)cc1Cl)N1CCN(C(=O)c2ccccc2F)CC1. The van der Waals surface area contributed by atoms with Crippen LogP contribution in [0.25, 0.3) is 0 Å². The second-order valence-electron chi connectivity index (χ2n) is 6.02. The summed E-state index contributed by atoms with van der Waals surface area (Å²) in [7, 11) is 0. The van der Waals surface area contributed by atoms with Crippen LogP contribution in [0.2, 0.25) is 10.0 Å². The van der Waals surface area contributed by atoms with Gasteiger partial charge in [0.05, 0.1) is 10.6 Å². The van der Waals surface area contributed by atoms with Gasteiger partial charge >= 0.3 is 0 Å². The molecule has 5 nitrogen and oxygen atoms in total. The van der Waals surface area contributed by atoms with E-state index in [1.54, 1.807) is 28.0 Å². The van der Waals surface area contributed by atoms with Crippen molar-refractivity contribution in [2.45, 2.75) is 0 Å². The molecule has 1 aliphatic heterocycles. The molecule has 0 spiro atoms. The molecule has 27 heavy (non-hydrogen) atoms. The zero-order chi connectivity index (χ0) is 19.4. The van der Waals surface area contributed by atoms with Gasteiger partial charge in [0.15, 0.2) is 6.61 Å². The maximum absolute atomic E-state index is 13.8. The van der Waals surface area contributed by atoms with E-state index in [0.29, 0.717) is 42.0 Å². The Morgan fingerprint density at radius 2 is 1.67 bits per heavy atom. The Kier molecular flexibility index (Phi) is 6.19. The lowest BCUT2D eigenvalue weighted by Gasteiger charge is -2.34. The van der Waals surface area contributed by atoms with E-state index < -0.39 is 5.82 Å². The molecule has 1 aliphatic rings. The molecule has 0 aliphatic carbocycles. The van der Waals surface area contributed by atoms with Crippen LogP contribution in [0.5, 0.6) is 5.75 Å². The van der Waals surface area contributed by atoms with Gasteiger partial charge in [0.25, 0.3) is 11.8 Å². The molecule has 0 N–H and O–H groups in total. The Morgan fingerprint density at radius 3 is 2.33 bits per heavy atom. The third kappa shape index (κ3) is 4.70. The number of ether oxygens (including phenoxy) is 1. The van der Waals surface area contributed by atoms with Gasteiger partial charge in [-0.05, 0) is 30.3 Å². The van der Waals surface area contributed by atoms with E-state index in [1.165, 1.54) is 24.3 Å². The first-order valence-electron chi connectivity index (χ1n) is 8.35. The number of carbonyl (C=O) groups is 2. The summed E-state index contributed by atoms with van der Waals surface area (Å²) in [5.74, 6) is -0.750. The predicted octanol–water partition coefficient (Wildman–Crippen LogP) is 3.50. The first kappa shape index (κ1) is 19.5. The number of nitrogens with zero attached hydrogens (tertiary/aromatic N) is 2. The Balaban J connectivity index is 1.52. The van der Waals surface area contributed by atoms with Gasteiger partial charge < -0.3 is 14.5 Å². The highest BCUT2D eigenvalue weighted by molar-refractivity contribution is 6.35. The van der Waals surface area contributed by atoms with Gasteiger partial charge in [0.1, 0.15) is 11.6 Å². The van der Waals surface area contributed by atoms with Crippen molar-refractivity contribution >= 4 is 35.0 Å². The fourth-order valence-electron chi connectivity index (χ4n) is 2.79. The first-order valence-corrected chi connectivity index (χ1v) is 9.10. The maximum Gasteiger partial charge on any atom is 0.260 e. The van der Waals surface area contributed by atoms with Gasteiger partial charge in [-0.2, -0.15) is 0 Å². The molecule has 0 atom stereocenters. The summed E-state index contributed by atoms with van der Waals surface area (Å²) in [4.78, 5) is 27.9. The van der Waals surface area contributed by atoms with E-state index in [-0.39, 0.29) is 24.0 Å². The van der Waals surface area contributed by atoms with Crippen molar-refractivity contribution in [3.8, 4) is 5.75 Å². The van der Waals surface area contributed by atoms with Crippen LogP contribution in [0.15, 0.2) is 42.5 Å². The molecule has 2 amide bonds. The smallest absolute Gasteiger partial charge is 0.260 e. The molecule has 1 fully saturated rings. The number of amides is 2. The average molecular weight is 411 g/mol. The summed E-state index contributed by atoms with van der Waals surface area (Å²) < 4.78 is 19.2. The van der Waals surface area contributed by atoms with Gasteiger partial charge in [0.2, 0.25) is 0 Å². The maximum atomic E-state index is 13.8. The van der Waals surface area contributed by atoms with E-state index in [1.807, 2.05) is 0 Å². The number of carbonyl (C=O) groups excluding carboxylic acids is 2. The summed E-state index contributed by atoms with van der Waals surface area (Å²) >= 11 is 11.8. The second-order valence-corrected chi connectivity index (χ2v) is 6.86. The Morgan fingerprint density at radius 1 is 1.00 bits per heavy atom. The van der Waals surface area contributed by atoms with Gasteiger partial charge in [0, 0.05) is 31.2 Å². The van der Waals surface area contributed by atoms with Crippen molar-refractivity contribution in [3.05, 3.63) is 63.9 Å². The molecule has 1 heterocycles. The zero-order valence-corrected chi connectivity index (χ0v) is 15.8. The van der Waals surface area contributed by atoms with Gasteiger partial charge in [-0.15, -0.1) is 0 Å². The lowest BCUT2D eigenvalue weighted by Crippen LogP contribution is -2.51. The number of benzene rings is 2. The Bertz CT molecular complexity index is 855. The van der Waals surface area contributed by atoms with Gasteiger partial charge in [-0.3, -0.25) is 9.59 Å². The van der Waals surface area contributed by atoms with Gasteiger partial charge in [-0.1, -0.05) is 35.3 Å². The van der Waals surface area contributed by atoms with Crippen molar-refractivity contribution in [1.29, 1.82) is 0 Å². The van der Waals surface area contributed by atoms with Crippen molar-refractivity contribution in [2.24, 2.45) is 0 Å². The summed E-state index contributed by atoms with van der Waals surface area (Å²) in [6.07, 6.45) is 0. The van der Waals surface area contributed by atoms with E-state index in [0.717, 1.165) is 0 Å². The van der Waals surface area contributed by atoms with E-state index in [9.17, 15) is 14.0 Å². The topological polar surface area (TPSA) is 49.9 Å². The highest BCUT2D eigenvalue weighted by atomic mass is 35.5. The van der Waals surface area contributed by atoms with Gasteiger partial charge in [-0.25, -0.2) is 4.39 Å². The Labute approximate surface area is 166 Å². The van der Waals surface area contributed by atoms with Crippen molar-refractivity contribution < 1.29 is 18.7 Å². The molecule has 0 saturated carbocycles. The van der Waals surface area contributed by atoms with Crippen LogP contribution < -0.4 is 4.74 Å². The minimum atomic E-state index is -0.547. The van der Waals surface area contributed by atoms with Crippen LogP contribution in [0.4, 0.5) is 4.39 Å². The average Bonchev–Trinajstić information content (AvgIpc) is 2.67. The van der Waals surface area contributed by atoms with Crippen LogP contribution in [-0.4, -0.2) is 54.4 Å². The molecule has 3 rings (SSSR count). The molecular formula is C19H17Cl2FN2O3. The predicted molar refractivity (Wildman–Crippen MR) is 101 cm³/mol. The summed E-state index contributed by atoms with van der Waals surface area (Å²) in [6.45, 7) is 1.22. The zero-order valence-electron chi connectivity index (χ0n) is 14.3. The fourth-order valence-corrected chi connectivity index (χ4v) is 3.25. The van der Waals surface area contributed by atoms with Crippen LogP contribution in [0.1, 0.15) is 10.4 Å². The van der Waals surface area contributed by atoms with Crippen molar-refractivity contribution in [2.75, 3.05) is 32.8 Å². The standard InChI is InChI=1S/C19H17Cl2FN2O3/c20-13-5-6-17(15(21)11-13)27-12-18(25)23-7-9-24(10-8-23)19(26)14-3-1-2-4-16(14)22/h1-6,11H,7-10,12H2. The third-order valence-corrected chi connectivity index (χ3v) is 4.80. The number of hydrogen-bond donors (Lipinski definition) is 0. The Hall–Kier alpha value is -2.31. The molecule has 0 aromatic heterocycles. The monoisotopic (exact) mass is 410 g/mol. The van der Waals surface area contributed by atoms with E-state index >= 15 is 0 Å². The minimum absolute atomic E-state index is 0.0398. The molecule has 0 bridgehead atoms. The summed E-state index contributed by atoms with van der Waals surface area (Å²) in [5.41, 5.74) is 0.0398. The number of rotatable bonds is 4. The van der Waals surface area contributed by atoms with E-state index in [2.05, 4.69) is 0 Å². The normalized spacial score (nSPS) is 14.2. The van der Waals surface area contributed by atoms with Crippen molar-refractivity contribution in [3.63, 3.8) is 0 Å². The minimum Gasteiger partial charge on any atom is -0.482 e. The largest absolute Gasteiger partial charge is 0.482 e. The number of halogens is 3. The number of piperazine rings is 1. The molecule has 2 aromatic carbocycles. The molecule has 2 aromatic rings. The lowest BCUT2D eigenvalue weighted by molar-refractivity contribution is -0.134. The van der Waals surface area contributed by atoms with Crippen LogP contribution in [0.3, 0.4) is 0 Å². The first-order chi connectivity index (χ1) is 13.0. The number of hydrogen-bond acceptors (Lipinski definition) is 3. The molecule has 142 valence electrons. The second kappa shape index (κ2) is 8.59. The fraction of sp³-hybridized carbons (Fsp3) is 0.263. The summed E-state index contributed by atoms with van der Waals surface area (Å²) in [6, 6.07) is 10.6. The molecule has 0 radical (unpaired) electrons. The highest BCUT2D eigenvalue weighted by Gasteiger charge is 2.26. The van der Waals surface area contributed by atoms with Crippen LogP contribution in [-0.2, 0) is 4.79 Å². The summed E-state index contributed by atoms with van der Waals surface area (Å²) in [5, 5.41) is 0.810. The third-order valence-electron chi connectivity index (χ3n) is 4.27. The molecule has 0 unspecified atom stereocenters. The van der Waals surface area contributed by atoms with Crippen LogP contribution >= 0.6 is 23.2 Å². The molecular weight excluding hydrogens is 394 g/mol. The van der Waals surface area contributed by atoms with Crippen molar-refractivity contribution in [1.82, 2.24) is 9.80 Å². The molecule has 1 saturated heterocycles. The lowest BCUT2D eigenvalue weighted by atomic mass is 10.1. The quantitative estimate of drug-likeness (QED) is 0.774.